The molecular weight excluding hydrogens is 248 g/mol. The van der Waals surface area contributed by atoms with Crippen molar-refractivity contribution < 1.29 is 13.6 Å². The molecule has 1 aromatic rings. The fourth-order valence-electron chi connectivity index (χ4n) is 1.25. The molecule has 2 nitrogen and oxygen atoms in total. The highest BCUT2D eigenvalue weighted by molar-refractivity contribution is 6.18. The lowest BCUT2D eigenvalue weighted by molar-refractivity contribution is 0.0911. The SMILES string of the molecule is CCC(C)(CCl)NC(=O)c1cc(F)cc(F)c1. The molecule has 1 N–H and O–H groups in total. The second-order valence-corrected chi connectivity index (χ2v) is 4.43. The Bertz CT molecular complexity index is 399. The number of benzene rings is 1. The van der Waals surface area contributed by atoms with E-state index in [2.05, 4.69) is 5.32 Å². The molecule has 0 aliphatic carbocycles. The Morgan fingerprint density at radius 2 is 1.88 bits per heavy atom. The van der Waals surface area contributed by atoms with Gasteiger partial charge in [0.15, 0.2) is 0 Å². The Labute approximate surface area is 104 Å². The van der Waals surface area contributed by atoms with Gasteiger partial charge in [0.05, 0.1) is 5.54 Å². The van der Waals surface area contributed by atoms with E-state index in [1.807, 2.05) is 6.92 Å². The molecule has 0 saturated carbocycles. The van der Waals surface area contributed by atoms with Crippen LogP contribution < -0.4 is 5.32 Å². The van der Waals surface area contributed by atoms with Gasteiger partial charge in [0.25, 0.3) is 5.91 Å². The summed E-state index contributed by atoms with van der Waals surface area (Å²) in [6, 6.07) is 2.70. The first-order chi connectivity index (χ1) is 7.90. The van der Waals surface area contributed by atoms with E-state index in [9.17, 15) is 13.6 Å². The number of carbonyl (C=O) groups is 1. The summed E-state index contributed by atoms with van der Waals surface area (Å²) >= 11 is 5.74. The van der Waals surface area contributed by atoms with E-state index in [4.69, 9.17) is 11.6 Å². The molecule has 0 aliphatic heterocycles. The highest BCUT2D eigenvalue weighted by Gasteiger charge is 2.24. The number of nitrogens with one attached hydrogen (secondary N) is 1. The van der Waals surface area contributed by atoms with Gasteiger partial charge in [-0.1, -0.05) is 6.92 Å². The topological polar surface area (TPSA) is 29.1 Å². The van der Waals surface area contributed by atoms with Crippen molar-refractivity contribution in [1.82, 2.24) is 5.32 Å². The van der Waals surface area contributed by atoms with Crippen LogP contribution in [0.1, 0.15) is 30.6 Å². The monoisotopic (exact) mass is 261 g/mol. The Balaban J connectivity index is 2.90. The van der Waals surface area contributed by atoms with E-state index in [1.54, 1.807) is 6.92 Å². The molecule has 94 valence electrons. The predicted octanol–water partition coefficient (Wildman–Crippen LogP) is 3.10. The third-order valence-electron chi connectivity index (χ3n) is 2.62. The fraction of sp³-hybridized carbons (Fsp3) is 0.417. The van der Waals surface area contributed by atoms with Crippen molar-refractivity contribution in [2.24, 2.45) is 0 Å². The average molecular weight is 262 g/mol. The van der Waals surface area contributed by atoms with Crippen molar-refractivity contribution in [1.29, 1.82) is 0 Å². The van der Waals surface area contributed by atoms with Crippen LogP contribution in [0.15, 0.2) is 18.2 Å². The number of alkyl halides is 1. The molecule has 0 bridgehead atoms. The maximum atomic E-state index is 12.9. The Morgan fingerprint density at radius 3 is 2.29 bits per heavy atom. The number of rotatable bonds is 4. The molecule has 1 aromatic carbocycles. The number of halogens is 3. The van der Waals surface area contributed by atoms with Gasteiger partial charge in [-0.15, -0.1) is 11.6 Å². The van der Waals surface area contributed by atoms with E-state index in [-0.39, 0.29) is 11.4 Å². The van der Waals surface area contributed by atoms with Crippen LogP contribution in [0, 0.1) is 11.6 Å². The highest BCUT2D eigenvalue weighted by atomic mass is 35.5. The van der Waals surface area contributed by atoms with Gasteiger partial charge in [0, 0.05) is 17.5 Å². The number of amides is 1. The van der Waals surface area contributed by atoms with Crippen molar-refractivity contribution in [3.63, 3.8) is 0 Å². The Kier molecular flexibility index (Phi) is 4.46. The molecule has 1 amide bonds. The van der Waals surface area contributed by atoms with Crippen molar-refractivity contribution in [3.8, 4) is 0 Å². The third kappa shape index (κ3) is 3.66. The van der Waals surface area contributed by atoms with Crippen LogP contribution >= 0.6 is 11.6 Å². The summed E-state index contributed by atoms with van der Waals surface area (Å²) in [7, 11) is 0. The van der Waals surface area contributed by atoms with Gasteiger partial charge in [0.1, 0.15) is 11.6 Å². The smallest absolute Gasteiger partial charge is 0.251 e. The first-order valence-corrected chi connectivity index (χ1v) is 5.78. The zero-order chi connectivity index (χ0) is 13.1. The number of carbonyl (C=O) groups excluding carboxylic acids is 1. The van der Waals surface area contributed by atoms with Crippen molar-refractivity contribution in [2.45, 2.75) is 25.8 Å². The van der Waals surface area contributed by atoms with Crippen LogP contribution in [0.3, 0.4) is 0 Å². The Hall–Kier alpha value is -1.16. The summed E-state index contributed by atoms with van der Waals surface area (Å²) in [5, 5.41) is 2.66. The fourth-order valence-corrected chi connectivity index (χ4v) is 1.50. The summed E-state index contributed by atoms with van der Waals surface area (Å²) in [6.07, 6.45) is 0.625. The van der Waals surface area contributed by atoms with Gasteiger partial charge < -0.3 is 5.32 Å². The zero-order valence-corrected chi connectivity index (χ0v) is 10.4. The molecule has 0 radical (unpaired) electrons. The molecule has 1 atom stereocenters. The lowest BCUT2D eigenvalue weighted by atomic mass is 10.0. The molecule has 1 rings (SSSR count). The second kappa shape index (κ2) is 5.45. The lowest BCUT2D eigenvalue weighted by Crippen LogP contribution is -2.47. The molecular formula is C12H14ClF2NO. The van der Waals surface area contributed by atoms with Crippen molar-refractivity contribution in [3.05, 3.63) is 35.4 Å². The maximum Gasteiger partial charge on any atom is 0.251 e. The summed E-state index contributed by atoms with van der Waals surface area (Å²) in [6.45, 7) is 3.64. The zero-order valence-electron chi connectivity index (χ0n) is 9.69. The first-order valence-electron chi connectivity index (χ1n) is 5.25. The van der Waals surface area contributed by atoms with Gasteiger partial charge >= 0.3 is 0 Å². The standard InChI is InChI=1S/C12H14ClF2NO/c1-3-12(2,7-13)16-11(17)8-4-9(14)6-10(15)5-8/h4-6H,3,7H2,1-2H3,(H,16,17). The summed E-state index contributed by atoms with van der Waals surface area (Å²) in [5.74, 6) is -1.86. The van der Waals surface area contributed by atoms with Gasteiger partial charge in [-0.05, 0) is 25.5 Å². The molecule has 0 aromatic heterocycles. The molecule has 0 saturated heterocycles. The van der Waals surface area contributed by atoms with Gasteiger partial charge in [-0.3, -0.25) is 4.79 Å². The van der Waals surface area contributed by atoms with Gasteiger partial charge in [-0.25, -0.2) is 8.78 Å². The van der Waals surface area contributed by atoms with Crippen molar-refractivity contribution in [2.75, 3.05) is 5.88 Å². The quantitative estimate of drug-likeness (QED) is 0.829. The Morgan fingerprint density at radius 1 is 1.35 bits per heavy atom. The molecule has 5 heteroatoms. The van der Waals surface area contributed by atoms with Crippen LogP contribution in [0.5, 0.6) is 0 Å². The second-order valence-electron chi connectivity index (χ2n) is 4.16. The van der Waals surface area contributed by atoms with E-state index in [1.165, 1.54) is 0 Å². The molecule has 17 heavy (non-hydrogen) atoms. The minimum absolute atomic E-state index is 0.0488. The predicted molar refractivity (Wildman–Crippen MR) is 63.2 cm³/mol. The van der Waals surface area contributed by atoms with E-state index < -0.39 is 23.1 Å². The highest BCUT2D eigenvalue weighted by Crippen LogP contribution is 2.14. The van der Waals surface area contributed by atoms with E-state index in [0.717, 1.165) is 18.2 Å². The first kappa shape index (κ1) is 13.9. The average Bonchev–Trinajstić information content (AvgIpc) is 2.27. The van der Waals surface area contributed by atoms with Crippen LogP contribution in [0.2, 0.25) is 0 Å². The van der Waals surface area contributed by atoms with Crippen molar-refractivity contribution >= 4 is 17.5 Å². The van der Waals surface area contributed by atoms with Crippen LogP contribution in [0.25, 0.3) is 0 Å². The van der Waals surface area contributed by atoms with Gasteiger partial charge in [-0.2, -0.15) is 0 Å². The largest absolute Gasteiger partial charge is 0.346 e. The summed E-state index contributed by atoms with van der Waals surface area (Å²) in [5.41, 5.74) is -0.631. The minimum Gasteiger partial charge on any atom is -0.346 e. The van der Waals surface area contributed by atoms with Crippen LogP contribution in [0.4, 0.5) is 8.78 Å². The van der Waals surface area contributed by atoms with E-state index >= 15 is 0 Å². The molecule has 0 spiro atoms. The molecule has 0 aliphatic rings. The molecule has 1 unspecified atom stereocenters. The van der Waals surface area contributed by atoms with Gasteiger partial charge in [0.2, 0.25) is 0 Å². The lowest BCUT2D eigenvalue weighted by Gasteiger charge is -2.27. The van der Waals surface area contributed by atoms with Crippen LogP contribution in [-0.2, 0) is 0 Å². The molecule has 0 fully saturated rings. The number of hydrogen-bond acceptors (Lipinski definition) is 1. The summed E-state index contributed by atoms with van der Waals surface area (Å²) in [4.78, 5) is 11.8. The summed E-state index contributed by atoms with van der Waals surface area (Å²) < 4.78 is 25.9. The molecule has 0 heterocycles. The maximum absolute atomic E-state index is 12.9. The minimum atomic E-state index is -0.778. The van der Waals surface area contributed by atoms with E-state index in [0.29, 0.717) is 6.42 Å². The number of hydrogen-bond donors (Lipinski definition) is 1. The normalized spacial score (nSPS) is 14.2. The van der Waals surface area contributed by atoms with Crippen LogP contribution in [-0.4, -0.2) is 17.3 Å². The third-order valence-corrected chi connectivity index (χ3v) is 3.21.